The molecule has 1 amide bonds. The van der Waals surface area contributed by atoms with Gasteiger partial charge < -0.3 is 4.90 Å². The number of rotatable bonds is 6. The van der Waals surface area contributed by atoms with Crippen molar-refractivity contribution in [2.75, 3.05) is 10.7 Å². The third kappa shape index (κ3) is 3.96. The van der Waals surface area contributed by atoms with Crippen LogP contribution in [0.4, 0.5) is 5.69 Å². The summed E-state index contributed by atoms with van der Waals surface area (Å²) in [6.45, 7) is 0.559. The zero-order valence-corrected chi connectivity index (χ0v) is 14.1. The standard InChI is InChI=1S/C15H15N5OS2/c1-19-15(16-17-18-19)23-11-14(21)20(9-12-7-8-22-10-12)13-5-3-2-4-6-13/h2-8,10H,9,11H2,1H3. The molecular weight excluding hydrogens is 330 g/mol. The molecule has 0 atom stereocenters. The van der Waals surface area contributed by atoms with Crippen LogP contribution in [0.1, 0.15) is 5.56 Å². The second-order valence-electron chi connectivity index (χ2n) is 4.82. The van der Waals surface area contributed by atoms with E-state index in [1.807, 2.05) is 41.8 Å². The Bertz CT molecular complexity index is 757. The molecule has 118 valence electrons. The fraction of sp³-hybridized carbons (Fsp3) is 0.200. The van der Waals surface area contributed by atoms with Gasteiger partial charge in [-0.2, -0.15) is 11.3 Å². The highest BCUT2D eigenvalue weighted by Crippen LogP contribution is 2.21. The van der Waals surface area contributed by atoms with Gasteiger partial charge in [0.1, 0.15) is 0 Å². The van der Waals surface area contributed by atoms with Crippen molar-refractivity contribution in [3.8, 4) is 0 Å². The number of thiophene rings is 1. The Morgan fingerprint density at radius 3 is 2.78 bits per heavy atom. The molecule has 0 saturated carbocycles. The highest BCUT2D eigenvalue weighted by atomic mass is 32.2. The van der Waals surface area contributed by atoms with E-state index in [1.165, 1.54) is 11.8 Å². The molecule has 0 aliphatic heterocycles. The van der Waals surface area contributed by atoms with Gasteiger partial charge in [-0.05, 0) is 44.9 Å². The van der Waals surface area contributed by atoms with Gasteiger partial charge in [-0.3, -0.25) is 4.79 Å². The lowest BCUT2D eigenvalue weighted by Crippen LogP contribution is -2.31. The third-order valence-electron chi connectivity index (χ3n) is 3.20. The molecule has 0 saturated heterocycles. The molecule has 3 rings (SSSR count). The van der Waals surface area contributed by atoms with E-state index in [0.29, 0.717) is 11.7 Å². The molecular formula is C15H15N5OS2. The number of carbonyl (C=O) groups excluding carboxylic acids is 1. The molecule has 0 radical (unpaired) electrons. The van der Waals surface area contributed by atoms with E-state index in [4.69, 9.17) is 0 Å². The van der Waals surface area contributed by atoms with Crippen molar-refractivity contribution in [3.63, 3.8) is 0 Å². The number of aryl methyl sites for hydroxylation is 1. The summed E-state index contributed by atoms with van der Waals surface area (Å²) < 4.78 is 1.56. The van der Waals surface area contributed by atoms with Crippen LogP contribution in [0, 0.1) is 0 Å². The molecule has 0 aliphatic rings. The molecule has 23 heavy (non-hydrogen) atoms. The number of thioether (sulfide) groups is 1. The van der Waals surface area contributed by atoms with E-state index in [2.05, 4.69) is 20.9 Å². The second kappa shape index (κ2) is 7.38. The summed E-state index contributed by atoms with van der Waals surface area (Å²) in [5.41, 5.74) is 2.01. The zero-order chi connectivity index (χ0) is 16.1. The smallest absolute Gasteiger partial charge is 0.237 e. The van der Waals surface area contributed by atoms with Crippen LogP contribution < -0.4 is 4.90 Å². The SMILES string of the molecule is Cn1nnnc1SCC(=O)N(Cc1ccsc1)c1ccccc1. The molecule has 8 heteroatoms. The first-order valence-corrected chi connectivity index (χ1v) is 8.88. The fourth-order valence-electron chi connectivity index (χ4n) is 2.04. The first kappa shape index (κ1) is 15.7. The number of amides is 1. The van der Waals surface area contributed by atoms with Crippen molar-refractivity contribution in [2.24, 2.45) is 7.05 Å². The minimum Gasteiger partial charge on any atom is -0.307 e. The monoisotopic (exact) mass is 345 g/mol. The van der Waals surface area contributed by atoms with Gasteiger partial charge in [-0.15, -0.1) is 5.10 Å². The third-order valence-corrected chi connectivity index (χ3v) is 4.92. The number of hydrogen-bond donors (Lipinski definition) is 0. The number of tetrazole rings is 1. The number of anilines is 1. The van der Waals surface area contributed by atoms with Gasteiger partial charge in [-0.25, -0.2) is 4.68 Å². The highest BCUT2D eigenvalue weighted by molar-refractivity contribution is 7.99. The molecule has 0 N–H and O–H groups in total. The summed E-state index contributed by atoms with van der Waals surface area (Å²) in [6, 6.07) is 11.7. The zero-order valence-electron chi connectivity index (χ0n) is 12.5. The topological polar surface area (TPSA) is 63.9 Å². The summed E-state index contributed by atoms with van der Waals surface area (Å²) in [5.74, 6) is 0.308. The Hall–Kier alpha value is -2.19. The van der Waals surface area contributed by atoms with Gasteiger partial charge in [0, 0.05) is 12.7 Å². The molecule has 2 aromatic heterocycles. The van der Waals surface area contributed by atoms with E-state index in [0.717, 1.165) is 11.3 Å². The minimum atomic E-state index is 0.0235. The average molecular weight is 345 g/mol. The van der Waals surface area contributed by atoms with Crippen LogP contribution in [0.3, 0.4) is 0 Å². The van der Waals surface area contributed by atoms with Crippen molar-refractivity contribution in [3.05, 3.63) is 52.7 Å². The van der Waals surface area contributed by atoms with E-state index in [1.54, 1.807) is 28.0 Å². The quantitative estimate of drug-likeness (QED) is 0.643. The van der Waals surface area contributed by atoms with Crippen molar-refractivity contribution in [2.45, 2.75) is 11.7 Å². The fourth-order valence-corrected chi connectivity index (χ4v) is 3.43. The summed E-state index contributed by atoms with van der Waals surface area (Å²) in [5, 5.41) is 15.9. The van der Waals surface area contributed by atoms with Crippen LogP contribution in [0.15, 0.2) is 52.3 Å². The van der Waals surface area contributed by atoms with Gasteiger partial charge in [-0.1, -0.05) is 30.0 Å². The van der Waals surface area contributed by atoms with E-state index in [-0.39, 0.29) is 11.7 Å². The molecule has 3 aromatic rings. The molecule has 0 aliphatic carbocycles. The predicted octanol–water partition coefficient (Wildman–Crippen LogP) is 2.60. The Kier molecular flexibility index (Phi) is 5.04. The van der Waals surface area contributed by atoms with Crippen molar-refractivity contribution in [1.82, 2.24) is 20.2 Å². The number of nitrogens with zero attached hydrogens (tertiary/aromatic N) is 5. The lowest BCUT2D eigenvalue weighted by molar-refractivity contribution is -0.116. The Balaban J connectivity index is 1.74. The van der Waals surface area contributed by atoms with Crippen LogP contribution >= 0.6 is 23.1 Å². The number of aromatic nitrogens is 4. The summed E-state index contributed by atoms with van der Waals surface area (Å²) in [6.07, 6.45) is 0. The average Bonchev–Trinajstić information content (AvgIpc) is 3.23. The largest absolute Gasteiger partial charge is 0.307 e. The molecule has 2 heterocycles. The first-order valence-electron chi connectivity index (χ1n) is 6.95. The van der Waals surface area contributed by atoms with Crippen LogP contribution in [0.5, 0.6) is 0 Å². The number of benzene rings is 1. The number of carbonyl (C=O) groups is 1. The highest BCUT2D eigenvalue weighted by Gasteiger charge is 2.18. The first-order chi connectivity index (χ1) is 11.2. The maximum atomic E-state index is 12.7. The molecule has 0 fully saturated rings. The molecule has 6 nitrogen and oxygen atoms in total. The van der Waals surface area contributed by atoms with Gasteiger partial charge in [0.25, 0.3) is 0 Å². The van der Waals surface area contributed by atoms with Gasteiger partial charge in [0.2, 0.25) is 11.1 Å². The number of para-hydroxylation sites is 1. The van der Waals surface area contributed by atoms with Gasteiger partial charge >= 0.3 is 0 Å². The molecule has 0 unspecified atom stereocenters. The van der Waals surface area contributed by atoms with Crippen LogP contribution in [-0.4, -0.2) is 31.9 Å². The van der Waals surface area contributed by atoms with Crippen LogP contribution in [0.2, 0.25) is 0 Å². The Morgan fingerprint density at radius 1 is 1.30 bits per heavy atom. The summed E-state index contributed by atoms with van der Waals surface area (Å²) >= 11 is 2.96. The minimum absolute atomic E-state index is 0.0235. The molecule has 1 aromatic carbocycles. The van der Waals surface area contributed by atoms with Crippen LogP contribution in [0.25, 0.3) is 0 Å². The Morgan fingerprint density at radius 2 is 2.13 bits per heavy atom. The molecule has 0 bridgehead atoms. The summed E-state index contributed by atoms with van der Waals surface area (Å²) in [4.78, 5) is 14.5. The van der Waals surface area contributed by atoms with Crippen molar-refractivity contribution >= 4 is 34.7 Å². The maximum Gasteiger partial charge on any atom is 0.237 e. The predicted molar refractivity (Wildman–Crippen MR) is 91.5 cm³/mol. The van der Waals surface area contributed by atoms with E-state index < -0.39 is 0 Å². The van der Waals surface area contributed by atoms with Crippen LogP contribution in [-0.2, 0) is 18.4 Å². The number of hydrogen-bond acceptors (Lipinski definition) is 6. The molecule has 0 spiro atoms. The lowest BCUT2D eigenvalue weighted by Gasteiger charge is -2.22. The van der Waals surface area contributed by atoms with Crippen molar-refractivity contribution in [1.29, 1.82) is 0 Å². The Labute approximate surface area is 142 Å². The lowest BCUT2D eigenvalue weighted by atomic mass is 10.2. The normalized spacial score (nSPS) is 10.7. The maximum absolute atomic E-state index is 12.7. The van der Waals surface area contributed by atoms with Gasteiger partial charge in [0.05, 0.1) is 12.3 Å². The summed E-state index contributed by atoms with van der Waals surface area (Å²) in [7, 11) is 1.76. The van der Waals surface area contributed by atoms with E-state index >= 15 is 0 Å². The van der Waals surface area contributed by atoms with Crippen molar-refractivity contribution < 1.29 is 4.79 Å². The van der Waals surface area contributed by atoms with Gasteiger partial charge in [0.15, 0.2) is 0 Å². The van der Waals surface area contributed by atoms with E-state index in [9.17, 15) is 4.79 Å². The second-order valence-corrected chi connectivity index (χ2v) is 6.54.